The lowest BCUT2D eigenvalue weighted by molar-refractivity contribution is -0.124. The zero-order chi connectivity index (χ0) is 19.1. The van der Waals surface area contributed by atoms with Crippen LogP contribution in [0.25, 0.3) is 0 Å². The lowest BCUT2D eigenvalue weighted by Gasteiger charge is -2.24. The molecule has 27 heavy (non-hydrogen) atoms. The minimum atomic E-state index is -0.456. The number of benzene rings is 2. The third-order valence-electron chi connectivity index (χ3n) is 4.58. The number of carbonyl (C=O) groups is 3. The van der Waals surface area contributed by atoms with Crippen LogP contribution in [0.5, 0.6) is 0 Å². The Labute approximate surface area is 158 Å². The molecule has 1 heterocycles. The summed E-state index contributed by atoms with van der Waals surface area (Å²) in [5.74, 6) is -0.469. The Balaban J connectivity index is 1.47. The van der Waals surface area contributed by atoms with E-state index >= 15 is 0 Å². The SMILES string of the molecule is O=C(NCCNC(=O)[C@@H]1CCCN1C(=O)c1ccccc1)c1ccccc1. The maximum atomic E-state index is 12.6. The van der Waals surface area contributed by atoms with E-state index < -0.39 is 6.04 Å². The molecule has 2 N–H and O–H groups in total. The van der Waals surface area contributed by atoms with Gasteiger partial charge in [0.2, 0.25) is 5.91 Å². The van der Waals surface area contributed by atoms with Crippen molar-refractivity contribution in [3.8, 4) is 0 Å². The molecule has 140 valence electrons. The van der Waals surface area contributed by atoms with Gasteiger partial charge in [-0.3, -0.25) is 14.4 Å². The van der Waals surface area contributed by atoms with Crippen LogP contribution in [0.4, 0.5) is 0 Å². The van der Waals surface area contributed by atoms with E-state index in [2.05, 4.69) is 10.6 Å². The molecule has 0 aromatic heterocycles. The third kappa shape index (κ3) is 4.73. The fourth-order valence-corrected chi connectivity index (χ4v) is 3.20. The summed E-state index contributed by atoms with van der Waals surface area (Å²) < 4.78 is 0. The van der Waals surface area contributed by atoms with Crippen molar-refractivity contribution in [2.24, 2.45) is 0 Å². The van der Waals surface area contributed by atoms with Crippen molar-refractivity contribution >= 4 is 17.7 Å². The van der Waals surface area contributed by atoms with E-state index in [0.717, 1.165) is 6.42 Å². The number of nitrogens with one attached hydrogen (secondary N) is 2. The summed E-state index contributed by atoms with van der Waals surface area (Å²) in [6, 6.07) is 17.5. The van der Waals surface area contributed by atoms with Gasteiger partial charge in [0, 0.05) is 30.8 Å². The smallest absolute Gasteiger partial charge is 0.254 e. The molecule has 2 aromatic rings. The fourth-order valence-electron chi connectivity index (χ4n) is 3.20. The molecule has 3 amide bonds. The van der Waals surface area contributed by atoms with Crippen LogP contribution in [0, 0.1) is 0 Å². The Morgan fingerprint density at radius 1 is 0.852 bits per heavy atom. The minimum absolute atomic E-state index is 0.120. The Hall–Kier alpha value is -3.15. The van der Waals surface area contributed by atoms with Crippen molar-refractivity contribution < 1.29 is 14.4 Å². The van der Waals surface area contributed by atoms with Crippen molar-refractivity contribution in [2.75, 3.05) is 19.6 Å². The Bertz CT molecular complexity index is 793. The molecular weight excluding hydrogens is 342 g/mol. The molecule has 0 aliphatic carbocycles. The molecule has 1 fully saturated rings. The van der Waals surface area contributed by atoms with Gasteiger partial charge in [-0.05, 0) is 37.1 Å². The lowest BCUT2D eigenvalue weighted by Crippen LogP contribution is -2.47. The molecule has 0 unspecified atom stereocenters. The van der Waals surface area contributed by atoms with Crippen molar-refractivity contribution in [1.29, 1.82) is 0 Å². The van der Waals surface area contributed by atoms with Crippen LogP contribution in [0.3, 0.4) is 0 Å². The molecule has 0 bridgehead atoms. The van der Waals surface area contributed by atoms with Crippen LogP contribution < -0.4 is 10.6 Å². The summed E-state index contributed by atoms with van der Waals surface area (Å²) in [6.07, 6.45) is 1.46. The summed E-state index contributed by atoms with van der Waals surface area (Å²) in [5.41, 5.74) is 1.17. The largest absolute Gasteiger partial charge is 0.353 e. The molecule has 1 saturated heterocycles. The van der Waals surface area contributed by atoms with Gasteiger partial charge >= 0.3 is 0 Å². The van der Waals surface area contributed by atoms with Gasteiger partial charge in [0.25, 0.3) is 11.8 Å². The van der Waals surface area contributed by atoms with E-state index in [-0.39, 0.29) is 17.7 Å². The van der Waals surface area contributed by atoms with Crippen molar-refractivity contribution in [3.05, 3.63) is 71.8 Å². The molecule has 2 aromatic carbocycles. The Morgan fingerprint density at radius 2 is 1.44 bits per heavy atom. The predicted octanol–water partition coefficient (Wildman–Crippen LogP) is 1.84. The van der Waals surface area contributed by atoms with Gasteiger partial charge in [-0.15, -0.1) is 0 Å². The van der Waals surface area contributed by atoms with Crippen LogP contribution in [-0.4, -0.2) is 48.3 Å². The summed E-state index contributed by atoms with van der Waals surface area (Å²) in [6.45, 7) is 1.23. The van der Waals surface area contributed by atoms with Crippen LogP contribution in [0.15, 0.2) is 60.7 Å². The zero-order valence-corrected chi connectivity index (χ0v) is 15.1. The molecule has 1 aliphatic heterocycles. The number of rotatable bonds is 6. The Kier molecular flexibility index (Phi) is 6.20. The lowest BCUT2D eigenvalue weighted by atomic mass is 10.1. The van der Waals surface area contributed by atoms with Crippen LogP contribution >= 0.6 is 0 Å². The number of hydrogen-bond acceptors (Lipinski definition) is 3. The summed E-state index contributed by atoms with van der Waals surface area (Å²) in [4.78, 5) is 38.7. The van der Waals surface area contributed by atoms with E-state index in [1.807, 2.05) is 24.3 Å². The van der Waals surface area contributed by atoms with Crippen LogP contribution in [0.1, 0.15) is 33.6 Å². The van der Waals surface area contributed by atoms with Gasteiger partial charge in [0.15, 0.2) is 0 Å². The number of nitrogens with zero attached hydrogens (tertiary/aromatic N) is 1. The normalized spacial score (nSPS) is 16.0. The Morgan fingerprint density at radius 3 is 2.11 bits per heavy atom. The molecule has 1 atom stereocenters. The maximum absolute atomic E-state index is 12.6. The molecule has 0 radical (unpaired) electrons. The van der Waals surface area contributed by atoms with E-state index in [1.54, 1.807) is 41.3 Å². The molecule has 0 spiro atoms. The molecule has 6 nitrogen and oxygen atoms in total. The maximum Gasteiger partial charge on any atom is 0.254 e. The highest BCUT2D eigenvalue weighted by Gasteiger charge is 2.34. The van der Waals surface area contributed by atoms with Crippen molar-refractivity contribution in [2.45, 2.75) is 18.9 Å². The quantitative estimate of drug-likeness (QED) is 0.767. The van der Waals surface area contributed by atoms with Gasteiger partial charge in [0.1, 0.15) is 6.04 Å². The summed E-state index contributed by atoms with van der Waals surface area (Å²) >= 11 is 0. The first-order chi connectivity index (χ1) is 13.2. The number of likely N-dealkylation sites (tertiary alicyclic amines) is 1. The van der Waals surface area contributed by atoms with Gasteiger partial charge in [-0.1, -0.05) is 36.4 Å². The van der Waals surface area contributed by atoms with E-state index in [1.165, 1.54) is 0 Å². The number of hydrogen-bond donors (Lipinski definition) is 2. The standard InChI is InChI=1S/C21H23N3O3/c25-19(16-8-3-1-4-9-16)22-13-14-23-20(26)18-12-7-15-24(18)21(27)17-10-5-2-6-11-17/h1-6,8-11,18H,7,12-15H2,(H,22,25)(H,23,26)/t18-/m0/s1. The van der Waals surface area contributed by atoms with Gasteiger partial charge in [-0.25, -0.2) is 0 Å². The second kappa shape index (κ2) is 8.98. The summed E-state index contributed by atoms with van der Waals surface area (Å²) in [7, 11) is 0. The van der Waals surface area contributed by atoms with E-state index in [0.29, 0.717) is 37.2 Å². The van der Waals surface area contributed by atoms with E-state index in [9.17, 15) is 14.4 Å². The summed E-state index contributed by atoms with van der Waals surface area (Å²) in [5, 5.41) is 5.59. The highest BCUT2D eigenvalue weighted by atomic mass is 16.2. The second-order valence-corrected chi connectivity index (χ2v) is 6.44. The predicted molar refractivity (Wildman–Crippen MR) is 102 cm³/mol. The fraction of sp³-hybridized carbons (Fsp3) is 0.286. The topological polar surface area (TPSA) is 78.5 Å². The van der Waals surface area contributed by atoms with Crippen LogP contribution in [0.2, 0.25) is 0 Å². The highest BCUT2D eigenvalue weighted by Crippen LogP contribution is 2.20. The number of amides is 3. The molecule has 3 rings (SSSR count). The first-order valence-corrected chi connectivity index (χ1v) is 9.14. The zero-order valence-electron chi connectivity index (χ0n) is 15.1. The monoisotopic (exact) mass is 365 g/mol. The first-order valence-electron chi connectivity index (χ1n) is 9.14. The minimum Gasteiger partial charge on any atom is -0.353 e. The average Bonchev–Trinajstić information content (AvgIpc) is 3.21. The number of carbonyl (C=O) groups excluding carboxylic acids is 3. The van der Waals surface area contributed by atoms with Gasteiger partial charge in [0.05, 0.1) is 0 Å². The molecule has 1 aliphatic rings. The van der Waals surface area contributed by atoms with Gasteiger partial charge in [-0.2, -0.15) is 0 Å². The average molecular weight is 365 g/mol. The first kappa shape index (κ1) is 18.6. The van der Waals surface area contributed by atoms with Crippen molar-refractivity contribution in [1.82, 2.24) is 15.5 Å². The van der Waals surface area contributed by atoms with Gasteiger partial charge < -0.3 is 15.5 Å². The van der Waals surface area contributed by atoms with Crippen molar-refractivity contribution in [3.63, 3.8) is 0 Å². The molecular formula is C21H23N3O3. The van der Waals surface area contributed by atoms with Crippen LogP contribution in [-0.2, 0) is 4.79 Å². The van der Waals surface area contributed by atoms with E-state index in [4.69, 9.17) is 0 Å². The second-order valence-electron chi connectivity index (χ2n) is 6.44. The highest BCUT2D eigenvalue weighted by molar-refractivity contribution is 5.98. The molecule has 6 heteroatoms. The molecule has 0 saturated carbocycles. The third-order valence-corrected chi connectivity index (χ3v) is 4.58.